The van der Waals surface area contributed by atoms with E-state index in [1.807, 2.05) is 6.26 Å². The van der Waals surface area contributed by atoms with Crippen molar-refractivity contribution in [1.29, 1.82) is 0 Å². The third kappa shape index (κ3) is 1.87. The van der Waals surface area contributed by atoms with E-state index in [2.05, 4.69) is 15.9 Å². The van der Waals surface area contributed by atoms with Gasteiger partial charge in [0.25, 0.3) is 0 Å². The van der Waals surface area contributed by atoms with Crippen LogP contribution in [0.15, 0.2) is 21.5 Å². The molecule has 0 aliphatic rings. The lowest BCUT2D eigenvalue weighted by Crippen LogP contribution is -1.90. The molecule has 2 N–H and O–H groups in total. The summed E-state index contributed by atoms with van der Waals surface area (Å²) in [4.78, 5) is 0.948. The fraction of sp³-hybridized carbons (Fsp3) is 0.143. The summed E-state index contributed by atoms with van der Waals surface area (Å²) in [5, 5.41) is 0. The van der Waals surface area contributed by atoms with Crippen LogP contribution in [-0.2, 0) is 0 Å². The highest BCUT2D eigenvalue weighted by Crippen LogP contribution is 2.29. The highest BCUT2D eigenvalue weighted by Gasteiger charge is 2.03. The van der Waals surface area contributed by atoms with Crippen LogP contribution >= 0.6 is 27.7 Å². The number of halogens is 2. The van der Waals surface area contributed by atoms with Gasteiger partial charge in [-0.2, -0.15) is 0 Å². The first-order valence-electron chi connectivity index (χ1n) is 2.93. The summed E-state index contributed by atoms with van der Waals surface area (Å²) in [5.74, 6) is -0.380. The summed E-state index contributed by atoms with van der Waals surface area (Å²) in [5.41, 5.74) is 5.55. The van der Waals surface area contributed by atoms with Gasteiger partial charge in [0.05, 0.1) is 5.69 Å². The Morgan fingerprint density at radius 1 is 1.55 bits per heavy atom. The molecule has 1 rings (SSSR count). The summed E-state index contributed by atoms with van der Waals surface area (Å²) < 4.78 is 13.5. The van der Waals surface area contributed by atoms with Crippen molar-refractivity contribution in [2.75, 3.05) is 12.0 Å². The van der Waals surface area contributed by atoms with Crippen LogP contribution in [0, 0.1) is 5.82 Å². The maximum atomic E-state index is 12.7. The van der Waals surface area contributed by atoms with Crippen molar-refractivity contribution in [1.82, 2.24) is 0 Å². The molecule has 1 aromatic rings. The number of benzene rings is 1. The molecule has 0 bridgehead atoms. The van der Waals surface area contributed by atoms with Gasteiger partial charge in [-0.05, 0) is 34.3 Å². The Labute approximate surface area is 77.3 Å². The van der Waals surface area contributed by atoms with Crippen LogP contribution in [0.2, 0.25) is 0 Å². The molecule has 4 heteroatoms. The molecule has 0 aromatic heterocycles. The van der Waals surface area contributed by atoms with Crippen molar-refractivity contribution in [2.45, 2.75) is 4.90 Å². The van der Waals surface area contributed by atoms with Gasteiger partial charge in [0.1, 0.15) is 5.82 Å². The molecular weight excluding hydrogens is 229 g/mol. The molecule has 1 nitrogen and oxygen atoms in total. The molecule has 60 valence electrons. The van der Waals surface area contributed by atoms with Crippen molar-refractivity contribution in [2.24, 2.45) is 0 Å². The quantitative estimate of drug-likeness (QED) is 0.599. The van der Waals surface area contributed by atoms with Crippen molar-refractivity contribution in [3.05, 3.63) is 22.4 Å². The maximum Gasteiger partial charge on any atom is 0.147 e. The minimum Gasteiger partial charge on any atom is -0.396 e. The molecule has 0 spiro atoms. The van der Waals surface area contributed by atoms with Crippen LogP contribution in [-0.4, -0.2) is 6.26 Å². The predicted octanol–water partition coefficient (Wildman–Crippen LogP) is 2.89. The fourth-order valence-electron chi connectivity index (χ4n) is 0.701. The summed E-state index contributed by atoms with van der Waals surface area (Å²) in [6.45, 7) is 0. The van der Waals surface area contributed by atoms with Crippen LogP contribution in [0.4, 0.5) is 10.1 Å². The number of anilines is 1. The van der Waals surface area contributed by atoms with Gasteiger partial charge in [0.2, 0.25) is 0 Å². The van der Waals surface area contributed by atoms with Crippen LogP contribution in [0.1, 0.15) is 0 Å². The van der Waals surface area contributed by atoms with E-state index in [0.29, 0.717) is 0 Å². The largest absolute Gasteiger partial charge is 0.396 e. The van der Waals surface area contributed by atoms with Gasteiger partial charge in [-0.1, -0.05) is 0 Å². The standard InChI is InChI=1S/C7H7BrFNS/c1-11-7-3-6(10)5(9)2-4(7)8/h2-3H,10H2,1H3. The predicted molar refractivity (Wildman–Crippen MR) is 50.3 cm³/mol. The Hall–Kier alpha value is -0.220. The monoisotopic (exact) mass is 235 g/mol. The van der Waals surface area contributed by atoms with Gasteiger partial charge >= 0.3 is 0 Å². The van der Waals surface area contributed by atoms with Crippen LogP contribution < -0.4 is 5.73 Å². The first-order chi connectivity index (χ1) is 5.15. The number of hydrogen-bond donors (Lipinski definition) is 1. The summed E-state index contributed by atoms with van der Waals surface area (Å²) in [7, 11) is 0. The van der Waals surface area contributed by atoms with E-state index in [9.17, 15) is 4.39 Å². The molecule has 0 amide bonds. The first kappa shape index (κ1) is 8.87. The lowest BCUT2D eigenvalue weighted by Gasteiger charge is -2.02. The highest BCUT2D eigenvalue weighted by atomic mass is 79.9. The van der Waals surface area contributed by atoms with Gasteiger partial charge in [-0.3, -0.25) is 0 Å². The molecule has 0 saturated heterocycles. The van der Waals surface area contributed by atoms with Crippen molar-refractivity contribution < 1.29 is 4.39 Å². The molecule has 0 fully saturated rings. The number of nitrogens with two attached hydrogens (primary N) is 1. The van der Waals surface area contributed by atoms with E-state index in [-0.39, 0.29) is 11.5 Å². The Morgan fingerprint density at radius 3 is 2.73 bits per heavy atom. The summed E-state index contributed by atoms with van der Waals surface area (Å²) in [6.07, 6.45) is 1.91. The topological polar surface area (TPSA) is 26.0 Å². The molecule has 1 aromatic carbocycles. The van der Waals surface area contributed by atoms with Gasteiger partial charge in [-0.25, -0.2) is 4.39 Å². The molecule has 0 unspecified atom stereocenters. The fourth-order valence-corrected chi connectivity index (χ4v) is 2.00. The van der Waals surface area contributed by atoms with Crippen molar-refractivity contribution in [3.63, 3.8) is 0 Å². The van der Waals surface area contributed by atoms with Crippen LogP contribution in [0.3, 0.4) is 0 Å². The van der Waals surface area contributed by atoms with Gasteiger partial charge in [0, 0.05) is 9.37 Å². The number of rotatable bonds is 1. The van der Waals surface area contributed by atoms with Crippen molar-refractivity contribution in [3.8, 4) is 0 Å². The normalized spacial score (nSPS) is 10.1. The van der Waals surface area contributed by atoms with Gasteiger partial charge in [-0.15, -0.1) is 11.8 Å². The Bertz CT molecular complexity index is 277. The van der Waals surface area contributed by atoms with Gasteiger partial charge < -0.3 is 5.73 Å². The average molecular weight is 236 g/mol. The second kappa shape index (κ2) is 3.45. The minimum atomic E-state index is -0.380. The summed E-state index contributed by atoms with van der Waals surface area (Å²) >= 11 is 4.75. The molecule has 0 heterocycles. The van der Waals surface area contributed by atoms with E-state index in [1.54, 1.807) is 6.07 Å². The van der Waals surface area contributed by atoms with E-state index in [1.165, 1.54) is 17.8 Å². The second-order valence-corrected chi connectivity index (χ2v) is 3.71. The van der Waals surface area contributed by atoms with E-state index < -0.39 is 0 Å². The smallest absolute Gasteiger partial charge is 0.147 e. The van der Waals surface area contributed by atoms with Crippen LogP contribution in [0.5, 0.6) is 0 Å². The molecule has 0 aliphatic heterocycles. The molecule has 0 radical (unpaired) electrons. The SMILES string of the molecule is CSc1cc(N)c(F)cc1Br. The minimum absolute atomic E-state index is 0.192. The number of hydrogen-bond acceptors (Lipinski definition) is 2. The van der Waals surface area contributed by atoms with Crippen LogP contribution in [0.25, 0.3) is 0 Å². The lowest BCUT2D eigenvalue weighted by molar-refractivity contribution is 0.630. The third-order valence-electron chi connectivity index (χ3n) is 1.27. The van der Waals surface area contributed by atoms with E-state index in [0.717, 1.165) is 9.37 Å². The second-order valence-electron chi connectivity index (χ2n) is 2.01. The zero-order valence-electron chi connectivity index (χ0n) is 5.90. The third-order valence-corrected chi connectivity index (χ3v) is 2.97. The highest BCUT2D eigenvalue weighted by molar-refractivity contribution is 9.10. The average Bonchev–Trinajstić information content (AvgIpc) is 1.97. The Balaban J connectivity index is 3.21. The molecule has 0 aliphatic carbocycles. The van der Waals surface area contributed by atoms with E-state index in [4.69, 9.17) is 5.73 Å². The van der Waals surface area contributed by atoms with Gasteiger partial charge in [0.15, 0.2) is 0 Å². The van der Waals surface area contributed by atoms with Crippen molar-refractivity contribution >= 4 is 33.4 Å². The molecule has 0 saturated carbocycles. The zero-order chi connectivity index (χ0) is 8.43. The number of nitrogen functional groups attached to an aromatic ring is 1. The lowest BCUT2D eigenvalue weighted by atomic mass is 10.3. The molecule has 11 heavy (non-hydrogen) atoms. The number of thioether (sulfide) groups is 1. The molecule has 0 atom stereocenters. The maximum absolute atomic E-state index is 12.7. The Morgan fingerprint density at radius 2 is 2.18 bits per heavy atom. The first-order valence-corrected chi connectivity index (χ1v) is 4.95. The molecular formula is C7H7BrFNS. The summed E-state index contributed by atoms with van der Waals surface area (Å²) in [6, 6.07) is 2.99. The zero-order valence-corrected chi connectivity index (χ0v) is 8.30. The van der Waals surface area contributed by atoms with E-state index >= 15 is 0 Å². The Kier molecular flexibility index (Phi) is 2.78.